The van der Waals surface area contributed by atoms with E-state index in [1.165, 1.54) is 12.1 Å². The van der Waals surface area contributed by atoms with Crippen molar-refractivity contribution in [1.82, 2.24) is 15.3 Å². The van der Waals surface area contributed by atoms with Crippen LogP contribution in [-0.2, 0) is 11.3 Å². The molecule has 1 aliphatic rings. The lowest BCUT2D eigenvalue weighted by molar-refractivity contribution is 0.0744. The van der Waals surface area contributed by atoms with Crippen LogP contribution in [0.15, 0.2) is 24.0 Å². The van der Waals surface area contributed by atoms with Crippen LogP contribution in [0.1, 0.15) is 35.9 Å². The molecule has 9 heteroatoms. The van der Waals surface area contributed by atoms with E-state index in [9.17, 15) is 13.2 Å². The third-order valence-corrected chi connectivity index (χ3v) is 4.32. The Balaban J connectivity index is 1.83. The number of halogens is 3. The number of allylic oxidation sites excluding steroid dienone is 1. The summed E-state index contributed by atoms with van der Waals surface area (Å²) in [5, 5.41) is 6.09. The lowest BCUT2D eigenvalue weighted by Crippen LogP contribution is -2.48. The molecule has 0 radical (unpaired) electrons. The Kier molecular flexibility index (Phi) is 6.03. The average molecular weight is 393 g/mol. The zero-order valence-corrected chi connectivity index (χ0v) is 15.6. The fourth-order valence-corrected chi connectivity index (χ4v) is 2.81. The van der Waals surface area contributed by atoms with Gasteiger partial charge in [-0.15, -0.1) is 0 Å². The van der Waals surface area contributed by atoms with Gasteiger partial charge in [0.15, 0.2) is 0 Å². The highest BCUT2D eigenvalue weighted by Crippen LogP contribution is 2.26. The van der Waals surface area contributed by atoms with Gasteiger partial charge in [-0.3, -0.25) is 0 Å². The maximum Gasteiger partial charge on any atom is 0.266 e. The van der Waals surface area contributed by atoms with Crippen LogP contribution >= 0.6 is 0 Å². The predicted octanol–water partition coefficient (Wildman–Crippen LogP) is 3.41. The van der Waals surface area contributed by atoms with Gasteiger partial charge < -0.3 is 21.1 Å². The van der Waals surface area contributed by atoms with Crippen molar-refractivity contribution in [3.8, 4) is 0 Å². The topological polar surface area (TPSA) is 85.1 Å². The summed E-state index contributed by atoms with van der Waals surface area (Å²) >= 11 is 0. The first-order valence-electron chi connectivity index (χ1n) is 8.84. The molecule has 1 aromatic carbocycles. The molecule has 0 aliphatic carbocycles. The molecule has 4 N–H and O–H groups in total. The van der Waals surface area contributed by atoms with Gasteiger partial charge in [0.05, 0.1) is 16.9 Å². The molecule has 0 amide bonds. The fraction of sp³-hybridized carbons (Fsp3) is 0.368. The van der Waals surface area contributed by atoms with E-state index in [0.717, 1.165) is 19.2 Å². The smallest absolute Gasteiger partial charge is 0.266 e. The van der Waals surface area contributed by atoms with Crippen molar-refractivity contribution in [2.75, 3.05) is 24.1 Å². The molecule has 0 spiro atoms. The average Bonchev–Trinajstić information content (AvgIpc) is 2.59. The quantitative estimate of drug-likeness (QED) is 0.625. The normalized spacial score (nSPS) is 14.9. The van der Waals surface area contributed by atoms with E-state index in [-0.39, 0.29) is 24.0 Å². The summed E-state index contributed by atoms with van der Waals surface area (Å²) in [6.07, 6.45) is -1.07. The molecule has 2 heterocycles. The Morgan fingerprint density at radius 3 is 2.79 bits per heavy atom. The number of hydrogen-bond donors (Lipinski definition) is 3. The van der Waals surface area contributed by atoms with Gasteiger partial charge in [-0.05, 0) is 19.9 Å². The molecule has 0 atom stereocenters. The molecule has 1 saturated heterocycles. The zero-order chi connectivity index (χ0) is 20.3. The number of nitrogens with one attached hydrogen (secondary N) is 2. The van der Waals surface area contributed by atoms with E-state index >= 15 is 0 Å². The third kappa shape index (κ3) is 4.53. The summed E-state index contributed by atoms with van der Waals surface area (Å²) in [4.78, 5) is 8.47. The first-order chi connectivity index (χ1) is 13.3. The van der Waals surface area contributed by atoms with Crippen LogP contribution in [-0.4, -0.2) is 29.2 Å². The Bertz CT molecular complexity index is 884. The third-order valence-electron chi connectivity index (χ3n) is 4.32. The van der Waals surface area contributed by atoms with Gasteiger partial charge in [-0.25, -0.2) is 23.1 Å². The van der Waals surface area contributed by atoms with Crippen molar-refractivity contribution in [3.05, 3.63) is 52.3 Å². The van der Waals surface area contributed by atoms with E-state index in [0.29, 0.717) is 23.0 Å². The first-order valence-corrected chi connectivity index (χ1v) is 8.84. The van der Waals surface area contributed by atoms with Crippen LogP contribution in [0.5, 0.6) is 0 Å². The summed E-state index contributed by atoms with van der Waals surface area (Å²) in [6, 6.07) is 3.91. The first kappa shape index (κ1) is 19.9. The minimum absolute atomic E-state index is 0.0322. The molecule has 0 unspecified atom stereocenters. The number of ether oxygens (including phenoxy) is 1. The van der Waals surface area contributed by atoms with E-state index in [4.69, 9.17) is 10.5 Å². The Morgan fingerprint density at radius 2 is 2.14 bits per heavy atom. The summed E-state index contributed by atoms with van der Waals surface area (Å²) in [6.45, 7) is 4.99. The lowest BCUT2D eigenvalue weighted by atomic mass is 10.1. The minimum Gasteiger partial charge on any atom is -0.492 e. The predicted molar refractivity (Wildman–Crippen MR) is 101 cm³/mol. The minimum atomic E-state index is -2.88. The molecule has 1 fully saturated rings. The second-order valence-corrected chi connectivity index (χ2v) is 6.55. The Labute approximate surface area is 161 Å². The van der Waals surface area contributed by atoms with Crippen LogP contribution in [0.3, 0.4) is 0 Å². The summed E-state index contributed by atoms with van der Waals surface area (Å²) in [5.41, 5.74) is 6.01. The van der Waals surface area contributed by atoms with Gasteiger partial charge in [-0.1, -0.05) is 18.2 Å². The van der Waals surface area contributed by atoms with Crippen molar-refractivity contribution >= 4 is 17.7 Å². The van der Waals surface area contributed by atoms with Gasteiger partial charge in [0, 0.05) is 25.2 Å². The van der Waals surface area contributed by atoms with Gasteiger partial charge in [-0.2, -0.15) is 0 Å². The number of hydrogen-bond acceptors (Lipinski definition) is 6. The summed E-state index contributed by atoms with van der Waals surface area (Å²) in [7, 11) is 0. The highest BCUT2D eigenvalue weighted by Gasteiger charge is 2.19. The van der Waals surface area contributed by atoms with Crippen molar-refractivity contribution < 1.29 is 17.9 Å². The van der Waals surface area contributed by atoms with E-state index < -0.39 is 17.8 Å². The van der Waals surface area contributed by atoms with E-state index in [2.05, 4.69) is 20.6 Å². The molecular formula is C19H22F3N5O. The molecule has 3 rings (SSSR count). The molecule has 1 aromatic heterocycles. The standard InChI is InChI=1S/C19H22F3N5O/c1-10(28-13-8-24-9-13)6-15-18(23)26-11(2)27-19(15)25-7-12-4-3-5-14(16(12)20)17(21)22/h3-6,13,17,24H,7-9H2,1-2H3,(H3,23,25,26,27)/b10-6+. The molecule has 28 heavy (non-hydrogen) atoms. The number of anilines is 2. The highest BCUT2D eigenvalue weighted by molar-refractivity contribution is 5.72. The van der Waals surface area contributed by atoms with Gasteiger partial charge in [0.2, 0.25) is 0 Å². The molecule has 2 aromatic rings. The Morgan fingerprint density at radius 1 is 1.39 bits per heavy atom. The number of nitrogens with two attached hydrogens (primary N) is 1. The number of aromatic nitrogens is 2. The van der Waals surface area contributed by atoms with Crippen molar-refractivity contribution in [1.29, 1.82) is 0 Å². The van der Waals surface area contributed by atoms with Crippen LogP contribution in [0, 0.1) is 12.7 Å². The number of aryl methyl sites for hydroxylation is 1. The number of nitrogens with zero attached hydrogens (tertiary/aromatic N) is 2. The largest absolute Gasteiger partial charge is 0.492 e. The number of rotatable bonds is 7. The second kappa shape index (κ2) is 8.47. The molecule has 0 bridgehead atoms. The van der Waals surface area contributed by atoms with E-state index in [1.54, 1.807) is 19.9 Å². The number of nitrogen functional groups attached to an aromatic ring is 1. The van der Waals surface area contributed by atoms with Crippen molar-refractivity contribution in [2.24, 2.45) is 0 Å². The van der Waals surface area contributed by atoms with E-state index in [1.807, 2.05) is 0 Å². The van der Waals surface area contributed by atoms with Crippen molar-refractivity contribution in [3.63, 3.8) is 0 Å². The number of benzene rings is 1. The molecule has 1 aliphatic heterocycles. The lowest BCUT2D eigenvalue weighted by Gasteiger charge is -2.28. The second-order valence-electron chi connectivity index (χ2n) is 6.55. The molecule has 0 saturated carbocycles. The summed E-state index contributed by atoms with van der Waals surface area (Å²) < 4.78 is 45.8. The molecule has 150 valence electrons. The van der Waals surface area contributed by atoms with Crippen LogP contribution in [0.25, 0.3) is 6.08 Å². The maximum atomic E-state index is 14.3. The SMILES string of the molecule is C/C(=C\c1c(N)nc(C)nc1NCc1cccc(C(F)F)c1F)OC1CNC1. The van der Waals surface area contributed by atoms with Gasteiger partial charge in [0.1, 0.15) is 29.4 Å². The fourth-order valence-electron chi connectivity index (χ4n) is 2.81. The molecular weight excluding hydrogens is 371 g/mol. The van der Waals surface area contributed by atoms with Crippen molar-refractivity contribution in [2.45, 2.75) is 32.9 Å². The van der Waals surface area contributed by atoms with Crippen LogP contribution in [0.4, 0.5) is 24.8 Å². The number of alkyl halides is 2. The molecule has 6 nitrogen and oxygen atoms in total. The monoisotopic (exact) mass is 393 g/mol. The Hall–Kier alpha value is -2.81. The zero-order valence-electron chi connectivity index (χ0n) is 15.6. The van der Waals surface area contributed by atoms with Crippen LogP contribution in [0.2, 0.25) is 0 Å². The van der Waals surface area contributed by atoms with Gasteiger partial charge in [0.25, 0.3) is 6.43 Å². The highest BCUT2D eigenvalue weighted by atomic mass is 19.3. The van der Waals surface area contributed by atoms with Gasteiger partial charge >= 0.3 is 0 Å². The maximum absolute atomic E-state index is 14.3. The van der Waals surface area contributed by atoms with Crippen LogP contribution < -0.4 is 16.4 Å². The summed E-state index contributed by atoms with van der Waals surface area (Å²) in [5.74, 6) is 0.756.